The third-order valence-corrected chi connectivity index (χ3v) is 2.43. The Bertz CT molecular complexity index is 515. The molecule has 0 radical (unpaired) electrons. The average Bonchev–Trinajstić information content (AvgIpc) is 2.89. The van der Waals surface area contributed by atoms with Crippen LogP contribution in [0.1, 0.15) is 16.3 Å². The molecule has 2 aromatic heterocycles. The van der Waals surface area contributed by atoms with Crippen LogP contribution in [0.4, 0.5) is 0 Å². The van der Waals surface area contributed by atoms with Gasteiger partial charge in [0.1, 0.15) is 11.5 Å². The number of hydrogen-bond donors (Lipinski definition) is 3. The minimum atomic E-state index is -0.346. The molecule has 0 aliphatic carbocycles. The van der Waals surface area contributed by atoms with E-state index in [1.807, 2.05) is 0 Å². The van der Waals surface area contributed by atoms with Crippen LogP contribution in [0.15, 0.2) is 16.2 Å². The number of carbonyl (C=O) groups is 1. The van der Waals surface area contributed by atoms with E-state index in [-0.39, 0.29) is 11.6 Å². The zero-order chi connectivity index (χ0) is 11.4. The number of carbonyl (C=O) groups excluding carboxylic acids is 1. The predicted molar refractivity (Wildman–Crippen MR) is 57.4 cm³/mol. The molecule has 2 aromatic rings. The van der Waals surface area contributed by atoms with E-state index < -0.39 is 0 Å². The summed E-state index contributed by atoms with van der Waals surface area (Å²) < 4.78 is 3.90. The number of H-pyrrole nitrogens is 2. The standard InChI is InChI=1S/C8H9N5O2S/c14-7(5-2-4-16-13-5)9-3-1-6-10-8(15)12-11-6/h2,4H,1,3H2,(H,9,14)(H2,10,11,12,15). The van der Waals surface area contributed by atoms with E-state index in [0.717, 1.165) is 0 Å². The maximum absolute atomic E-state index is 11.4. The van der Waals surface area contributed by atoms with Crippen LogP contribution in [-0.4, -0.2) is 32.0 Å². The van der Waals surface area contributed by atoms with Crippen molar-refractivity contribution in [1.82, 2.24) is 24.9 Å². The minimum absolute atomic E-state index is 0.223. The number of rotatable bonds is 4. The molecule has 0 aliphatic rings. The third-order valence-electron chi connectivity index (χ3n) is 1.87. The summed E-state index contributed by atoms with van der Waals surface area (Å²) in [4.78, 5) is 24.6. The lowest BCUT2D eigenvalue weighted by Gasteiger charge is -2.00. The van der Waals surface area contributed by atoms with E-state index in [1.165, 1.54) is 11.5 Å². The van der Waals surface area contributed by atoms with Gasteiger partial charge in [0.05, 0.1) is 0 Å². The SMILES string of the molecule is O=C(NCCc1n[nH]c(=O)[nH]1)c1ccsn1. The van der Waals surface area contributed by atoms with E-state index in [9.17, 15) is 9.59 Å². The second-order valence-corrected chi connectivity index (χ2v) is 3.68. The van der Waals surface area contributed by atoms with Gasteiger partial charge in [-0.05, 0) is 17.6 Å². The molecular weight excluding hydrogens is 230 g/mol. The Morgan fingerprint density at radius 3 is 3.06 bits per heavy atom. The molecular formula is C8H9N5O2S. The first kappa shape index (κ1) is 10.6. The summed E-state index contributed by atoms with van der Waals surface area (Å²) in [5, 5.41) is 10.4. The zero-order valence-electron chi connectivity index (χ0n) is 8.19. The number of aromatic nitrogens is 4. The van der Waals surface area contributed by atoms with Gasteiger partial charge in [-0.3, -0.25) is 9.78 Å². The van der Waals surface area contributed by atoms with Gasteiger partial charge in [-0.2, -0.15) is 9.47 Å². The molecule has 0 fully saturated rings. The predicted octanol–water partition coefficient (Wildman–Crippen LogP) is -0.473. The molecule has 8 heteroatoms. The Balaban J connectivity index is 1.80. The average molecular weight is 239 g/mol. The van der Waals surface area contributed by atoms with Crippen molar-refractivity contribution < 1.29 is 4.79 Å². The lowest BCUT2D eigenvalue weighted by atomic mass is 10.3. The third kappa shape index (κ3) is 2.54. The molecule has 0 saturated carbocycles. The minimum Gasteiger partial charge on any atom is -0.350 e. The lowest BCUT2D eigenvalue weighted by Crippen LogP contribution is -2.26. The zero-order valence-corrected chi connectivity index (χ0v) is 9.00. The fraction of sp³-hybridized carbons (Fsp3) is 0.250. The van der Waals surface area contributed by atoms with Gasteiger partial charge in [0.2, 0.25) is 0 Å². The molecule has 0 unspecified atom stereocenters. The number of hydrogen-bond acceptors (Lipinski definition) is 5. The molecule has 0 bridgehead atoms. The molecule has 16 heavy (non-hydrogen) atoms. The van der Waals surface area contributed by atoms with Crippen molar-refractivity contribution >= 4 is 17.4 Å². The number of aromatic amines is 2. The van der Waals surface area contributed by atoms with Crippen molar-refractivity contribution in [3.8, 4) is 0 Å². The van der Waals surface area contributed by atoms with E-state index in [4.69, 9.17) is 0 Å². The highest BCUT2D eigenvalue weighted by Crippen LogP contribution is 1.98. The molecule has 7 nitrogen and oxygen atoms in total. The molecule has 2 heterocycles. The summed E-state index contributed by atoms with van der Waals surface area (Å²) in [6.07, 6.45) is 0.467. The summed E-state index contributed by atoms with van der Waals surface area (Å²) in [5.41, 5.74) is 0.0568. The van der Waals surface area contributed by atoms with Crippen molar-refractivity contribution in [1.29, 1.82) is 0 Å². The van der Waals surface area contributed by atoms with Crippen molar-refractivity contribution in [3.63, 3.8) is 0 Å². The smallest absolute Gasteiger partial charge is 0.340 e. The van der Waals surface area contributed by atoms with Crippen LogP contribution in [0.2, 0.25) is 0 Å². The van der Waals surface area contributed by atoms with E-state index in [2.05, 4.69) is 24.9 Å². The van der Waals surface area contributed by atoms with E-state index in [1.54, 1.807) is 11.4 Å². The fourth-order valence-electron chi connectivity index (χ4n) is 1.14. The van der Waals surface area contributed by atoms with Gasteiger partial charge in [-0.25, -0.2) is 9.89 Å². The van der Waals surface area contributed by atoms with Gasteiger partial charge in [0.25, 0.3) is 5.91 Å². The normalized spacial score (nSPS) is 10.2. The Morgan fingerprint density at radius 1 is 1.56 bits per heavy atom. The van der Waals surface area contributed by atoms with Crippen LogP contribution in [0.5, 0.6) is 0 Å². The molecule has 3 N–H and O–H groups in total. The highest BCUT2D eigenvalue weighted by Gasteiger charge is 2.06. The summed E-state index contributed by atoms with van der Waals surface area (Å²) in [5.74, 6) is 0.294. The van der Waals surface area contributed by atoms with Crippen LogP contribution in [0.3, 0.4) is 0 Å². The number of amides is 1. The van der Waals surface area contributed by atoms with Gasteiger partial charge < -0.3 is 5.32 Å². The van der Waals surface area contributed by atoms with E-state index >= 15 is 0 Å². The topological polar surface area (TPSA) is 104 Å². The van der Waals surface area contributed by atoms with Crippen LogP contribution < -0.4 is 11.0 Å². The second-order valence-electron chi connectivity index (χ2n) is 3.02. The summed E-state index contributed by atoms with van der Waals surface area (Å²) in [6.45, 7) is 0.400. The van der Waals surface area contributed by atoms with Gasteiger partial charge in [-0.15, -0.1) is 0 Å². The van der Waals surface area contributed by atoms with Gasteiger partial charge >= 0.3 is 5.69 Å². The fourth-order valence-corrected chi connectivity index (χ4v) is 1.65. The van der Waals surface area contributed by atoms with E-state index in [0.29, 0.717) is 24.5 Å². The van der Waals surface area contributed by atoms with Crippen molar-refractivity contribution in [2.24, 2.45) is 0 Å². The first-order chi connectivity index (χ1) is 7.75. The largest absolute Gasteiger partial charge is 0.350 e. The molecule has 2 rings (SSSR count). The van der Waals surface area contributed by atoms with Gasteiger partial charge in [-0.1, -0.05) is 0 Å². The first-order valence-corrected chi connectivity index (χ1v) is 5.41. The molecule has 0 atom stereocenters. The highest BCUT2D eigenvalue weighted by atomic mass is 32.1. The molecule has 84 valence electrons. The molecule has 1 amide bonds. The summed E-state index contributed by atoms with van der Waals surface area (Å²) >= 11 is 1.23. The van der Waals surface area contributed by atoms with Crippen LogP contribution in [0, 0.1) is 0 Å². The van der Waals surface area contributed by atoms with Gasteiger partial charge in [0, 0.05) is 18.3 Å². The Morgan fingerprint density at radius 2 is 2.44 bits per heavy atom. The molecule has 0 spiro atoms. The molecule has 0 aromatic carbocycles. The monoisotopic (exact) mass is 239 g/mol. The van der Waals surface area contributed by atoms with Crippen molar-refractivity contribution in [2.75, 3.05) is 6.54 Å². The summed E-state index contributed by atoms with van der Waals surface area (Å²) in [7, 11) is 0. The second kappa shape index (κ2) is 4.71. The van der Waals surface area contributed by atoms with Crippen molar-refractivity contribution in [2.45, 2.75) is 6.42 Å². The van der Waals surface area contributed by atoms with Crippen LogP contribution in [-0.2, 0) is 6.42 Å². The molecule has 0 saturated heterocycles. The number of nitrogens with zero attached hydrogens (tertiary/aromatic N) is 2. The maximum Gasteiger partial charge on any atom is 0.340 e. The van der Waals surface area contributed by atoms with Crippen LogP contribution in [0.25, 0.3) is 0 Å². The number of nitrogens with one attached hydrogen (secondary N) is 3. The molecule has 0 aliphatic heterocycles. The first-order valence-electron chi connectivity index (χ1n) is 4.58. The van der Waals surface area contributed by atoms with Crippen LogP contribution >= 0.6 is 11.5 Å². The Labute approximate surface area is 94.1 Å². The van der Waals surface area contributed by atoms with Crippen molar-refractivity contribution in [3.05, 3.63) is 33.4 Å². The lowest BCUT2D eigenvalue weighted by molar-refractivity contribution is 0.0950. The Hall–Kier alpha value is -1.96. The van der Waals surface area contributed by atoms with Gasteiger partial charge in [0.15, 0.2) is 0 Å². The highest BCUT2D eigenvalue weighted by molar-refractivity contribution is 7.03. The summed E-state index contributed by atoms with van der Waals surface area (Å²) in [6, 6.07) is 1.65. The quantitative estimate of drug-likeness (QED) is 0.670. The Kier molecular flexibility index (Phi) is 3.10. The maximum atomic E-state index is 11.4.